The van der Waals surface area contributed by atoms with Crippen LogP contribution in [0, 0.1) is 12.7 Å². The predicted molar refractivity (Wildman–Crippen MR) is 170 cm³/mol. The van der Waals surface area contributed by atoms with Gasteiger partial charge in [0.2, 0.25) is 0 Å². The maximum absolute atomic E-state index is 15.2. The molecule has 1 aromatic carbocycles. The van der Waals surface area contributed by atoms with E-state index in [1.807, 2.05) is 43.7 Å². The fraction of sp³-hybridized carbons (Fsp3) is 0.294. The van der Waals surface area contributed by atoms with Crippen LogP contribution in [0.25, 0.3) is 16.8 Å². The number of benzene rings is 1. The number of carbonyl (C=O) groups is 2. The standard InChI is InChI=1S/C32H31FN4O2S.C2H6/c1-6-24-16-29(32(39)37-12-11-30-26(21(37)4)14-20(3)40-30)35-31(36(24)5)13-19(2)25-9-8-23(15-27(25)33)28-10-7-22(18-38)17-34-28;1-2/h7-10,13-18,21H,2,6,11-12H2,1,3-5H3;1-2H3/b31-13-;. The molecule has 2 aliphatic rings. The first kappa shape index (κ1) is 30.8. The molecule has 2 aliphatic heterocycles. The summed E-state index contributed by atoms with van der Waals surface area (Å²) in [5.41, 5.74) is 4.91. The van der Waals surface area contributed by atoms with E-state index in [1.165, 1.54) is 27.6 Å². The molecule has 1 unspecified atom stereocenters. The van der Waals surface area contributed by atoms with E-state index in [2.05, 4.69) is 31.5 Å². The van der Waals surface area contributed by atoms with Crippen molar-refractivity contribution in [1.82, 2.24) is 14.8 Å². The molecule has 0 aliphatic carbocycles. The summed E-state index contributed by atoms with van der Waals surface area (Å²) in [4.78, 5) is 40.0. The van der Waals surface area contributed by atoms with Crippen molar-refractivity contribution >= 4 is 34.8 Å². The Morgan fingerprint density at radius 3 is 2.62 bits per heavy atom. The number of aliphatic imine (C=N–C) groups is 1. The summed E-state index contributed by atoms with van der Waals surface area (Å²) in [6.45, 7) is 15.0. The number of thiophene rings is 1. The first-order chi connectivity index (χ1) is 20.2. The lowest BCUT2D eigenvalue weighted by Crippen LogP contribution is -2.42. The molecule has 218 valence electrons. The number of hydrogen-bond donors (Lipinski definition) is 0. The molecule has 0 bridgehead atoms. The minimum Gasteiger partial charge on any atom is -0.333 e. The number of aryl methyl sites for hydroxylation is 1. The zero-order valence-corrected chi connectivity index (χ0v) is 25.9. The van der Waals surface area contributed by atoms with Crippen molar-refractivity contribution in [3.63, 3.8) is 0 Å². The van der Waals surface area contributed by atoms with Gasteiger partial charge in [0, 0.05) is 51.9 Å². The van der Waals surface area contributed by atoms with E-state index < -0.39 is 5.82 Å². The number of aromatic nitrogens is 1. The number of hydrogen-bond acceptors (Lipinski definition) is 6. The summed E-state index contributed by atoms with van der Waals surface area (Å²) in [6.07, 6.45) is 7.28. The second-order valence-electron chi connectivity index (χ2n) is 10.0. The molecule has 3 aromatic rings. The van der Waals surface area contributed by atoms with Gasteiger partial charge in [0.05, 0.1) is 11.7 Å². The molecular weight excluding hydrogens is 547 g/mol. The van der Waals surface area contributed by atoms with Gasteiger partial charge in [0.25, 0.3) is 5.91 Å². The lowest BCUT2D eigenvalue weighted by atomic mass is 10.00. The second kappa shape index (κ2) is 13.2. The second-order valence-corrected chi connectivity index (χ2v) is 11.4. The molecule has 42 heavy (non-hydrogen) atoms. The van der Waals surface area contributed by atoms with Gasteiger partial charge in [-0.05, 0) is 74.2 Å². The Labute approximate surface area is 251 Å². The summed E-state index contributed by atoms with van der Waals surface area (Å²) in [5, 5.41) is 0. The van der Waals surface area contributed by atoms with Gasteiger partial charge in [0.15, 0.2) is 6.29 Å². The zero-order valence-electron chi connectivity index (χ0n) is 25.1. The van der Waals surface area contributed by atoms with Crippen molar-refractivity contribution in [3.8, 4) is 11.3 Å². The van der Waals surface area contributed by atoms with Gasteiger partial charge in [-0.3, -0.25) is 14.6 Å². The van der Waals surface area contributed by atoms with Crippen LogP contribution in [0.4, 0.5) is 4.39 Å². The van der Waals surface area contributed by atoms with Gasteiger partial charge >= 0.3 is 0 Å². The van der Waals surface area contributed by atoms with Crippen molar-refractivity contribution in [2.45, 2.75) is 53.5 Å². The Kier molecular flexibility index (Phi) is 9.68. The van der Waals surface area contributed by atoms with E-state index >= 15 is 4.39 Å². The average Bonchev–Trinajstić information content (AvgIpc) is 3.40. The van der Waals surface area contributed by atoms with Crippen LogP contribution in [-0.4, -0.2) is 46.3 Å². The summed E-state index contributed by atoms with van der Waals surface area (Å²) < 4.78 is 15.2. The molecule has 8 heteroatoms. The normalized spacial score (nSPS) is 17.1. The highest BCUT2D eigenvalue weighted by Gasteiger charge is 2.32. The molecular formula is C34H37FN4O2S. The number of amides is 1. The number of halogens is 1. The van der Waals surface area contributed by atoms with E-state index in [0.29, 0.717) is 58.7 Å². The number of pyridine rings is 1. The maximum Gasteiger partial charge on any atom is 0.273 e. The fourth-order valence-electron chi connectivity index (χ4n) is 5.16. The number of fused-ring (bicyclic) bond motifs is 1. The summed E-state index contributed by atoms with van der Waals surface area (Å²) in [5.74, 6) is -0.0326. The number of rotatable bonds is 6. The Morgan fingerprint density at radius 1 is 1.21 bits per heavy atom. The molecule has 0 N–H and O–H groups in total. The number of nitrogens with zero attached hydrogens (tertiary/aromatic N) is 4. The van der Waals surface area contributed by atoms with Gasteiger partial charge in [-0.15, -0.1) is 11.3 Å². The molecule has 0 radical (unpaired) electrons. The smallest absolute Gasteiger partial charge is 0.273 e. The molecule has 0 spiro atoms. The maximum atomic E-state index is 15.2. The molecule has 0 fully saturated rings. The van der Waals surface area contributed by atoms with E-state index in [-0.39, 0.29) is 11.9 Å². The Bertz CT molecular complexity index is 1600. The quantitative estimate of drug-likeness (QED) is 0.278. The highest BCUT2D eigenvalue weighted by atomic mass is 32.1. The van der Waals surface area contributed by atoms with Crippen LogP contribution in [0.15, 0.2) is 77.8 Å². The Hall–Kier alpha value is -4.17. The zero-order chi connectivity index (χ0) is 30.6. The van der Waals surface area contributed by atoms with Crippen molar-refractivity contribution in [2.75, 3.05) is 13.6 Å². The first-order valence-corrected chi connectivity index (χ1v) is 15.1. The molecule has 4 heterocycles. The van der Waals surface area contributed by atoms with E-state index in [9.17, 15) is 9.59 Å². The van der Waals surface area contributed by atoms with Crippen LogP contribution >= 0.6 is 11.3 Å². The average molecular weight is 585 g/mol. The molecule has 2 aromatic heterocycles. The van der Waals surface area contributed by atoms with Crippen molar-refractivity contribution in [3.05, 3.63) is 105 Å². The molecule has 6 nitrogen and oxygen atoms in total. The largest absolute Gasteiger partial charge is 0.333 e. The van der Waals surface area contributed by atoms with E-state index in [0.717, 1.165) is 12.1 Å². The number of allylic oxidation sites excluding steroid dienone is 3. The van der Waals surface area contributed by atoms with Crippen molar-refractivity contribution in [2.24, 2.45) is 4.99 Å². The fourth-order valence-corrected chi connectivity index (χ4v) is 6.28. The van der Waals surface area contributed by atoms with E-state index in [4.69, 9.17) is 4.99 Å². The molecule has 1 amide bonds. The molecule has 5 rings (SSSR count). The van der Waals surface area contributed by atoms with Gasteiger partial charge < -0.3 is 9.80 Å². The van der Waals surface area contributed by atoms with Gasteiger partial charge in [0.1, 0.15) is 17.3 Å². The highest BCUT2D eigenvalue weighted by Crippen LogP contribution is 2.36. The predicted octanol–water partition coefficient (Wildman–Crippen LogP) is 7.78. The lowest BCUT2D eigenvalue weighted by molar-refractivity contribution is -0.126. The van der Waals surface area contributed by atoms with Crippen LogP contribution in [0.1, 0.15) is 71.4 Å². The van der Waals surface area contributed by atoms with Crippen LogP contribution in [0.3, 0.4) is 0 Å². The number of aldehydes is 1. The van der Waals surface area contributed by atoms with Gasteiger partial charge in [-0.25, -0.2) is 9.38 Å². The topological polar surface area (TPSA) is 65.9 Å². The SMILES string of the molecule is C=C(/C=C1/N=C(C(=O)N2CCc3sc(C)cc3C2C)C=C(CC)N1C)c1ccc(-c2ccc(C=O)cn2)cc1F.CC. The summed E-state index contributed by atoms with van der Waals surface area (Å²) >= 11 is 1.80. The summed E-state index contributed by atoms with van der Waals surface area (Å²) in [7, 11) is 1.89. The van der Waals surface area contributed by atoms with Crippen LogP contribution in [0.5, 0.6) is 0 Å². The Morgan fingerprint density at radius 2 is 1.98 bits per heavy atom. The molecule has 0 saturated carbocycles. The lowest BCUT2D eigenvalue weighted by Gasteiger charge is -2.35. The van der Waals surface area contributed by atoms with Crippen molar-refractivity contribution < 1.29 is 14.0 Å². The summed E-state index contributed by atoms with van der Waals surface area (Å²) in [6, 6.07) is 10.3. The molecule has 1 atom stereocenters. The number of carbonyl (C=O) groups excluding carboxylic acids is 2. The molecule has 0 saturated heterocycles. The third kappa shape index (κ3) is 6.19. The van der Waals surface area contributed by atoms with E-state index in [1.54, 1.807) is 41.7 Å². The monoisotopic (exact) mass is 584 g/mol. The van der Waals surface area contributed by atoms with Gasteiger partial charge in [-0.1, -0.05) is 39.5 Å². The van der Waals surface area contributed by atoms with Crippen LogP contribution in [0.2, 0.25) is 0 Å². The third-order valence-electron chi connectivity index (χ3n) is 7.45. The first-order valence-electron chi connectivity index (χ1n) is 14.3. The Balaban J connectivity index is 0.00000198. The minimum atomic E-state index is -0.449. The third-order valence-corrected chi connectivity index (χ3v) is 8.58. The minimum absolute atomic E-state index is 0.0267. The van der Waals surface area contributed by atoms with Crippen molar-refractivity contribution in [1.29, 1.82) is 0 Å². The van der Waals surface area contributed by atoms with Crippen LogP contribution < -0.4 is 0 Å². The van der Waals surface area contributed by atoms with Crippen LogP contribution in [-0.2, 0) is 11.2 Å². The van der Waals surface area contributed by atoms with Gasteiger partial charge in [-0.2, -0.15) is 0 Å². The highest BCUT2D eigenvalue weighted by molar-refractivity contribution is 7.12.